The minimum absolute atomic E-state index is 0.0160. The second kappa shape index (κ2) is 7.79. The van der Waals surface area contributed by atoms with Crippen molar-refractivity contribution >= 4 is 49.7 Å². The van der Waals surface area contributed by atoms with Gasteiger partial charge in [-0.15, -0.1) is 0 Å². The number of amides is 2. The lowest BCUT2D eigenvalue weighted by Crippen LogP contribution is -2.19. The lowest BCUT2D eigenvalue weighted by Gasteiger charge is -2.13. The molecule has 0 saturated heterocycles. The monoisotopic (exact) mass is 423 g/mol. The molecule has 0 bridgehead atoms. The SMILES string of the molecule is CS(=O)(=O)Nc1ccc(NC(=O)c2cc3ccccc3cc2NC(=O)C2CC2)cc1. The summed E-state index contributed by atoms with van der Waals surface area (Å²) in [5, 5.41) is 7.51. The van der Waals surface area contributed by atoms with E-state index in [9.17, 15) is 18.0 Å². The highest BCUT2D eigenvalue weighted by Crippen LogP contribution is 2.32. The van der Waals surface area contributed by atoms with Crippen LogP contribution in [0.5, 0.6) is 0 Å². The van der Waals surface area contributed by atoms with E-state index in [4.69, 9.17) is 0 Å². The molecule has 0 radical (unpaired) electrons. The first-order valence-electron chi connectivity index (χ1n) is 9.51. The minimum Gasteiger partial charge on any atom is -0.325 e. The van der Waals surface area contributed by atoms with Crippen molar-refractivity contribution in [1.82, 2.24) is 0 Å². The quantitative estimate of drug-likeness (QED) is 0.561. The van der Waals surface area contributed by atoms with Gasteiger partial charge in [-0.1, -0.05) is 24.3 Å². The van der Waals surface area contributed by atoms with Crippen LogP contribution in [0.4, 0.5) is 17.1 Å². The van der Waals surface area contributed by atoms with Crippen LogP contribution in [0.25, 0.3) is 10.8 Å². The molecule has 3 aromatic rings. The van der Waals surface area contributed by atoms with E-state index in [1.807, 2.05) is 30.3 Å². The third kappa shape index (κ3) is 4.77. The molecule has 0 aliphatic heterocycles. The van der Waals surface area contributed by atoms with Crippen LogP contribution in [0.3, 0.4) is 0 Å². The number of sulfonamides is 1. The van der Waals surface area contributed by atoms with Gasteiger partial charge in [0.05, 0.1) is 17.5 Å². The van der Waals surface area contributed by atoms with E-state index in [1.54, 1.807) is 30.3 Å². The van der Waals surface area contributed by atoms with Crippen molar-refractivity contribution in [3.63, 3.8) is 0 Å². The summed E-state index contributed by atoms with van der Waals surface area (Å²) in [5.74, 6) is -0.423. The Labute approximate surface area is 174 Å². The maximum atomic E-state index is 13.0. The van der Waals surface area contributed by atoms with E-state index in [1.165, 1.54) is 0 Å². The Morgan fingerprint density at radius 1 is 0.867 bits per heavy atom. The van der Waals surface area contributed by atoms with Crippen LogP contribution in [-0.4, -0.2) is 26.5 Å². The van der Waals surface area contributed by atoms with Crippen LogP contribution in [0.15, 0.2) is 60.7 Å². The second-order valence-corrected chi connectivity index (χ2v) is 9.16. The number of hydrogen-bond donors (Lipinski definition) is 3. The van der Waals surface area contributed by atoms with Crippen molar-refractivity contribution in [3.05, 3.63) is 66.2 Å². The van der Waals surface area contributed by atoms with Gasteiger partial charge in [-0.3, -0.25) is 14.3 Å². The van der Waals surface area contributed by atoms with Crippen molar-refractivity contribution in [2.24, 2.45) is 5.92 Å². The van der Waals surface area contributed by atoms with Gasteiger partial charge in [0.2, 0.25) is 15.9 Å². The number of rotatable bonds is 6. The first kappa shape index (κ1) is 19.9. The highest BCUT2D eigenvalue weighted by Gasteiger charge is 2.30. The third-order valence-electron chi connectivity index (χ3n) is 4.78. The molecule has 1 saturated carbocycles. The average Bonchev–Trinajstić information content (AvgIpc) is 3.53. The van der Waals surface area contributed by atoms with Crippen LogP contribution in [0.1, 0.15) is 23.2 Å². The maximum absolute atomic E-state index is 13.0. The molecule has 0 atom stereocenters. The summed E-state index contributed by atoms with van der Waals surface area (Å²) in [4.78, 5) is 25.3. The van der Waals surface area contributed by atoms with Crippen molar-refractivity contribution in [1.29, 1.82) is 0 Å². The van der Waals surface area contributed by atoms with Crippen LogP contribution in [-0.2, 0) is 14.8 Å². The summed E-state index contributed by atoms with van der Waals surface area (Å²) < 4.78 is 25.0. The van der Waals surface area contributed by atoms with Crippen LogP contribution < -0.4 is 15.4 Å². The number of nitrogens with one attached hydrogen (secondary N) is 3. The van der Waals surface area contributed by atoms with Gasteiger partial charge in [0.25, 0.3) is 5.91 Å². The zero-order valence-corrected chi connectivity index (χ0v) is 17.1. The highest BCUT2D eigenvalue weighted by atomic mass is 32.2. The van der Waals surface area contributed by atoms with Crippen molar-refractivity contribution < 1.29 is 18.0 Å². The number of benzene rings is 3. The Kier molecular flexibility index (Phi) is 5.17. The molecule has 0 unspecified atom stereocenters. The molecule has 1 fully saturated rings. The number of fused-ring (bicyclic) bond motifs is 1. The van der Waals surface area contributed by atoms with Gasteiger partial charge >= 0.3 is 0 Å². The zero-order valence-electron chi connectivity index (χ0n) is 16.3. The molecule has 30 heavy (non-hydrogen) atoms. The summed E-state index contributed by atoms with van der Waals surface area (Å²) in [5.41, 5.74) is 1.74. The van der Waals surface area contributed by atoms with Gasteiger partial charge in [-0.05, 0) is 60.0 Å². The van der Waals surface area contributed by atoms with E-state index >= 15 is 0 Å². The molecule has 0 aromatic heterocycles. The van der Waals surface area contributed by atoms with E-state index in [2.05, 4.69) is 15.4 Å². The predicted octanol–water partition coefficient (Wildman–Crippen LogP) is 3.81. The van der Waals surface area contributed by atoms with Crippen molar-refractivity contribution in [2.75, 3.05) is 21.6 Å². The van der Waals surface area contributed by atoms with Gasteiger partial charge in [0, 0.05) is 17.3 Å². The molecule has 8 heteroatoms. The Bertz CT molecular complexity index is 1230. The Morgan fingerprint density at radius 2 is 1.47 bits per heavy atom. The molecule has 2 amide bonds. The fourth-order valence-electron chi connectivity index (χ4n) is 3.15. The maximum Gasteiger partial charge on any atom is 0.257 e. The topological polar surface area (TPSA) is 104 Å². The molecular formula is C22H21N3O4S. The molecule has 4 rings (SSSR count). The van der Waals surface area contributed by atoms with Gasteiger partial charge in [-0.25, -0.2) is 8.42 Å². The molecule has 3 N–H and O–H groups in total. The summed E-state index contributed by atoms with van der Waals surface area (Å²) in [6.45, 7) is 0. The van der Waals surface area contributed by atoms with Crippen LogP contribution >= 0.6 is 0 Å². The summed E-state index contributed by atoms with van der Waals surface area (Å²) in [6.07, 6.45) is 2.81. The number of hydrogen-bond acceptors (Lipinski definition) is 4. The first-order chi connectivity index (χ1) is 14.3. The van der Waals surface area contributed by atoms with Gasteiger partial charge in [-0.2, -0.15) is 0 Å². The van der Waals surface area contributed by atoms with E-state index in [0.717, 1.165) is 29.9 Å². The molecule has 1 aliphatic rings. The zero-order chi connectivity index (χ0) is 21.3. The summed E-state index contributed by atoms with van der Waals surface area (Å²) in [6, 6.07) is 17.5. The largest absolute Gasteiger partial charge is 0.325 e. The lowest BCUT2D eigenvalue weighted by molar-refractivity contribution is -0.117. The summed E-state index contributed by atoms with van der Waals surface area (Å²) in [7, 11) is -3.37. The second-order valence-electron chi connectivity index (χ2n) is 7.41. The smallest absolute Gasteiger partial charge is 0.257 e. The van der Waals surface area contributed by atoms with Gasteiger partial charge in [0.15, 0.2) is 0 Å². The molecule has 1 aliphatic carbocycles. The molecule has 0 spiro atoms. The van der Waals surface area contributed by atoms with E-state index in [-0.39, 0.29) is 17.7 Å². The minimum atomic E-state index is -3.37. The van der Waals surface area contributed by atoms with Crippen LogP contribution in [0.2, 0.25) is 0 Å². The molecule has 7 nitrogen and oxygen atoms in total. The Hall–Kier alpha value is -3.39. The van der Waals surface area contributed by atoms with Crippen LogP contribution in [0, 0.1) is 5.92 Å². The number of carbonyl (C=O) groups excluding carboxylic acids is 2. The Balaban J connectivity index is 1.60. The number of anilines is 3. The molecular weight excluding hydrogens is 402 g/mol. The highest BCUT2D eigenvalue weighted by molar-refractivity contribution is 7.92. The van der Waals surface area contributed by atoms with Gasteiger partial charge in [0.1, 0.15) is 0 Å². The molecule has 154 valence electrons. The predicted molar refractivity (Wildman–Crippen MR) is 118 cm³/mol. The molecule has 0 heterocycles. The van der Waals surface area contributed by atoms with Crippen molar-refractivity contribution in [2.45, 2.75) is 12.8 Å². The standard InChI is InChI=1S/C22H21N3O4S/c1-30(28,29)25-18-10-8-17(9-11-18)23-22(27)19-12-15-4-2-3-5-16(15)13-20(19)24-21(26)14-6-7-14/h2-5,8-14,25H,6-7H2,1H3,(H,23,27)(H,24,26). The van der Waals surface area contributed by atoms with E-state index < -0.39 is 10.0 Å². The fourth-order valence-corrected chi connectivity index (χ4v) is 3.71. The van der Waals surface area contributed by atoms with Gasteiger partial charge < -0.3 is 10.6 Å². The Morgan fingerprint density at radius 3 is 2.07 bits per heavy atom. The summed E-state index contributed by atoms with van der Waals surface area (Å²) >= 11 is 0. The normalized spacial score (nSPS) is 13.6. The number of carbonyl (C=O) groups is 2. The molecule has 3 aromatic carbocycles. The fraction of sp³-hybridized carbons (Fsp3) is 0.182. The first-order valence-corrected chi connectivity index (χ1v) is 11.4. The van der Waals surface area contributed by atoms with E-state index in [0.29, 0.717) is 22.6 Å². The lowest BCUT2D eigenvalue weighted by atomic mass is 10.0. The average molecular weight is 423 g/mol. The third-order valence-corrected chi connectivity index (χ3v) is 5.39. The van der Waals surface area contributed by atoms with Crippen molar-refractivity contribution in [3.8, 4) is 0 Å².